The molecule has 134 valence electrons. The van der Waals surface area contributed by atoms with Gasteiger partial charge in [0.1, 0.15) is 0 Å². The minimum atomic E-state index is -0.598. The van der Waals surface area contributed by atoms with Gasteiger partial charge in [0, 0.05) is 41.6 Å². The normalized spacial score (nSPS) is 11.0. The smallest absolute Gasteiger partial charge is 0.279 e. The van der Waals surface area contributed by atoms with Gasteiger partial charge in [-0.15, -0.1) is 0 Å². The van der Waals surface area contributed by atoms with Crippen LogP contribution in [0.15, 0.2) is 77.0 Å². The highest BCUT2D eigenvalue weighted by molar-refractivity contribution is 6.30. The van der Waals surface area contributed by atoms with E-state index < -0.39 is 16.7 Å². The molecule has 0 atom stereocenters. The van der Waals surface area contributed by atoms with Crippen LogP contribution in [0, 0.1) is 0 Å². The summed E-state index contributed by atoms with van der Waals surface area (Å²) in [4.78, 5) is 29.4. The highest BCUT2D eigenvalue weighted by Crippen LogP contribution is 2.19. The van der Waals surface area contributed by atoms with Crippen molar-refractivity contribution in [2.45, 2.75) is 6.54 Å². The Bertz CT molecular complexity index is 1260. The first-order valence-corrected chi connectivity index (χ1v) is 8.54. The van der Waals surface area contributed by atoms with E-state index in [0.29, 0.717) is 16.1 Å². The van der Waals surface area contributed by atoms with E-state index in [4.69, 9.17) is 11.6 Å². The summed E-state index contributed by atoms with van der Waals surface area (Å²) in [7, 11) is 0. The van der Waals surface area contributed by atoms with E-state index in [1.807, 2.05) is 6.07 Å². The molecule has 0 fully saturated rings. The Labute approximate surface area is 158 Å². The van der Waals surface area contributed by atoms with E-state index >= 15 is 0 Å². The fourth-order valence-electron chi connectivity index (χ4n) is 3.00. The van der Waals surface area contributed by atoms with E-state index in [2.05, 4.69) is 4.98 Å². The Balaban J connectivity index is 1.88. The SMILES string of the molecule is O=c1c(-c2ccncc2)cn2ccn(Cc3cccc(Cl)c3)c(=O)c2c1O. The van der Waals surface area contributed by atoms with Gasteiger partial charge >= 0.3 is 0 Å². The van der Waals surface area contributed by atoms with Gasteiger partial charge in [0.2, 0.25) is 5.43 Å². The van der Waals surface area contributed by atoms with Gasteiger partial charge < -0.3 is 14.1 Å². The monoisotopic (exact) mass is 379 g/mol. The van der Waals surface area contributed by atoms with Gasteiger partial charge in [-0.05, 0) is 35.4 Å². The molecule has 6 nitrogen and oxygen atoms in total. The maximum Gasteiger partial charge on any atom is 0.279 e. The molecule has 3 heterocycles. The van der Waals surface area contributed by atoms with Gasteiger partial charge in [-0.25, -0.2) is 0 Å². The number of aromatic hydroxyl groups is 1. The zero-order chi connectivity index (χ0) is 19.0. The lowest BCUT2D eigenvalue weighted by Crippen LogP contribution is -2.24. The number of fused-ring (bicyclic) bond motifs is 1. The van der Waals surface area contributed by atoms with Crippen LogP contribution in [0.25, 0.3) is 16.6 Å². The van der Waals surface area contributed by atoms with Gasteiger partial charge in [0.05, 0.1) is 6.54 Å². The zero-order valence-electron chi connectivity index (χ0n) is 14.0. The van der Waals surface area contributed by atoms with Crippen molar-refractivity contribution in [3.63, 3.8) is 0 Å². The van der Waals surface area contributed by atoms with E-state index in [-0.39, 0.29) is 12.1 Å². The van der Waals surface area contributed by atoms with Crippen LogP contribution in [0.5, 0.6) is 5.75 Å². The molecule has 0 aliphatic carbocycles. The molecule has 0 bridgehead atoms. The number of pyridine rings is 2. The van der Waals surface area contributed by atoms with E-state index in [1.54, 1.807) is 55.1 Å². The lowest BCUT2D eigenvalue weighted by molar-refractivity contribution is 0.472. The van der Waals surface area contributed by atoms with E-state index in [0.717, 1.165) is 5.56 Å². The summed E-state index contributed by atoms with van der Waals surface area (Å²) in [5.74, 6) is -0.574. The topological polar surface area (TPSA) is 76.6 Å². The highest BCUT2D eigenvalue weighted by atomic mass is 35.5. The quantitative estimate of drug-likeness (QED) is 0.593. The van der Waals surface area contributed by atoms with Crippen LogP contribution in [-0.4, -0.2) is 19.1 Å². The van der Waals surface area contributed by atoms with Crippen LogP contribution in [0.1, 0.15) is 5.56 Å². The Hall–Kier alpha value is -3.38. The van der Waals surface area contributed by atoms with Crippen LogP contribution >= 0.6 is 11.6 Å². The fourth-order valence-corrected chi connectivity index (χ4v) is 3.21. The minimum absolute atomic E-state index is 0.0673. The van der Waals surface area contributed by atoms with Crippen molar-refractivity contribution in [1.29, 1.82) is 0 Å². The third-order valence-corrected chi connectivity index (χ3v) is 4.55. The van der Waals surface area contributed by atoms with Crippen LogP contribution in [0.2, 0.25) is 5.02 Å². The van der Waals surface area contributed by atoms with Crippen molar-refractivity contribution < 1.29 is 5.11 Å². The summed E-state index contributed by atoms with van der Waals surface area (Å²) >= 11 is 5.99. The number of hydrogen-bond donors (Lipinski definition) is 1. The molecule has 0 amide bonds. The Kier molecular flexibility index (Phi) is 4.25. The summed E-state index contributed by atoms with van der Waals surface area (Å²) in [5.41, 5.74) is 0.612. The van der Waals surface area contributed by atoms with Crippen molar-refractivity contribution in [1.82, 2.24) is 14.0 Å². The first kappa shape index (κ1) is 17.1. The molecule has 3 aromatic heterocycles. The molecule has 1 N–H and O–H groups in total. The molecule has 27 heavy (non-hydrogen) atoms. The molecule has 1 aromatic carbocycles. The second-order valence-electron chi connectivity index (χ2n) is 6.07. The number of aromatic nitrogens is 3. The van der Waals surface area contributed by atoms with Crippen molar-refractivity contribution in [2.75, 3.05) is 0 Å². The first-order valence-electron chi connectivity index (χ1n) is 8.17. The number of hydrogen-bond acceptors (Lipinski definition) is 4. The minimum Gasteiger partial charge on any atom is -0.503 e. The number of halogens is 1. The Morgan fingerprint density at radius 2 is 1.85 bits per heavy atom. The van der Waals surface area contributed by atoms with Gasteiger partial charge in [-0.2, -0.15) is 0 Å². The second kappa shape index (κ2) is 6.74. The summed E-state index contributed by atoms with van der Waals surface area (Å²) < 4.78 is 2.88. The zero-order valence-corrected chi connectivity index (χ0v) is 14.8. The first-order chi connectivity index (χ1) is 13.0. The molecule has 0 spiro atoms. The third kappa shape index (κ3) is 3.11. The summed E-state index contributed by atoms with van der Waals surface area (Å²) in [5, 5.41) is 11.0. The summed E-state index contributed by atoms with van der Waals surface area (Å²) in [6.07, 6.45) is 7.90. The summed E-state index contributed by atoms with van der Waals surface area (Å²) in [6, 6.07) is 10.5. The number of nitrogens with zero attached hydrogens (tertiary/aromatic N) is 3. The third-order valence-electron chi connectivity index (χ3n) is 4.31. The maximum absolute atomic E-state index is 12.8. The van der Waals surface area contributed by atoms with Gasteiger partial charge in [0.15, 0.2) is 11.3 Å². The van der Waals surface area contributed by atoms with Gasteiger partial charge in [-0.1, -0.05) is 23.7 Å². The maximum atomic E-state index is 12.8. The molecule has 0 radical (unpaired) electrons. The van der Waals surface area contributed by atoms with Crippen molar-refractivity contribution in [3.8, 4) is 16.9 Å². The molecule has 4 rings (SSSR count). The highest BCUT2D eigenvalue weighted by Gasteiger charge is 2.15. The Morgan fingerprint density at radius 3 is 2.59 bits per heavy atom. The molecule has 0 aliphatic heterocycles. The molecular formula is C20H14ClN3O3. The van der Waals surface area contributed by atoms with Crippen LogP contribution < -0.4 is 11.0 Å². The van der Waals surface area contributed by atoms with Gasteiger partial charge in [0.25, 0.3) is 5.56 Å². The van der Waals surface area contributed by atoms with Gasteiger partial charge in [-0.3, -0.25) is 14.6 Å². The molecule has 0 saturated carbocycles. The molecule has 0 saturated heterocycles. The number of rotatable bonds is 3. The van der Waals surface area contributed by atoms with E-state index in [1.165, 1.54) is 15.2 Å². The van der Waals surface area contributed by atoms with Crippen molar-refractivity contribution in [2.24, 2.45) is 0 Å². The van der Waals surface area contributed by atoms with E-state index in [9.17, 15) is 14.7 Å². The predicted molar refractivity (Wildman–Crippen MR) is 103 cm³/mol. The van der Waals surface area contributed by atoms with Crippen molar-refractivity contribution >= 4 is 17.1 Å². The second-order valence-corrected chi connectivity index (χ2v) is 6.51. The van der Waals surface area contributed by atoms with Crippen LogP contribution in [0.4, 0.5) is 0 Å². The predicted octanol–water partition coefficient (Wildman–Crippen LogP) is 2.93. The Morgan fingerprint density at radius 1 is 1.07 bits per heavy atom. The summed E-state index contributed by atoms with van der Waals surface area (Å²) in [6.45, 7) is 0.273. The lowest BCUT2D eigenvalue weighted by atomic mass is 10.1. The molecular weight excluding hydrogens is 366 g/mol. The molecule has 4 aromatic rings. The number of benzene rings is 1. The van der Waals surface area contributed by atoms with Crippen LogP contribution in [-0.2, 0) is 6.54 Å². The average Bonchev–Trinajstić information content (AvgIpc) is 2.67. The molecule has 0 unspecified atom stereocenters. The fraction of sp³-hybridized carbons (Fsp3) is 0.0500. The molecule has 7 heteroatoms. The van der Waals surface area contributed by atoms with Crippen LogP contribution in [0.3, 0.4) is 0 Å². The molecule has 0 aliphatic rings. The lowest BCUT2D eigenvalue weighted by Gasteiger charge is -2.11. The average molecular weight is 380 g/mol. The largest absolute Gasteiger partial charge is 0.503 e. The van der Waals surface area contributed by atoms with Crippen molar-refractivity contribution in [3.05, 3.63) is 98.5 Å². The standard InChI is InChI=1S/C20H14ClN3O3/c21-15-3-1-2-13(10-15)11-24-9-8-23-12-16(14-4-6-22-7-5-14)18(25)19(26)17(23)20(24)27/h1-10,12,26H,11H2.